The molecule has 9 heavy (non-hydrogen) atoms. The van der Waals surface area contributed by atoms with Crippen LogP contribution in [0.4, 0.5) is 4.39 Å². The normalized spacial score (nSPS) is 30.7. The summed E-state index contributed by atoms with van der Waals surface area (Å²) < 4.78 is 12.2. The molecule has 1 N–H and O–H groups in total. The van der Waals surface area contributed by atoms with Gasteiger partial charge in [0, 0.05) is 19.1 Å². The number of hydrogen-bond acceptors (Lipinski definition) is 1. The van der Waals surface area contributed by atoms with E-state index in [0.29, 0.717) is 6.04 Å². The van der Waals surface area contributed by atoms with E-state index < -0.39 is 6.30 Å². The zero-order valence-electron chi connectivity index (χ0n) is 5.60. The van der Waals surface area contributed by atoms with Crippen LogP contribution in [0, 0.1) is 0 Å². The molecule has 1 fully saturated rings. The highest BCUT2D eigenvalue weighted by Crippen LogP contribution is 1.99. The molecule has 53 valence electrons. The van der Waals surface area contributed by atoms with E-state index in [9.17, 15) is 4.39 Å². The van der Waals surface area contributed by atoms with Gasteiger partial charge in [-0.25, -0.2) is 9.71 Å². The number of rotatable bonds is 2. The lowest BCUT2D eigenvalue weighted by Crippen LogP contribution is -2.34. The van der Waals surface area contributed by atoms with Crippen LogP contribution in [0.2, 0.25) is 0 Å². The summed E-state index contributed by atoms with van der Waals surface area (Å²) in [5.74, 6) is 0. The van der Waals surface area contributed by atoms with Gasteiger partial charge in [0.2, 0.25) is 0 Å². The van der Waals surface area contributed by atoms with Gasteiger partial charge in [-0.2, -0.15) is 0 Å². The Balaban J connectivity index is 2.11. The Morgan fingerprint density at radius 2 is 2.56 bits per heavy atom. The van der Waals surface area contributed by atoms with Gasteiger partial charge >= 0.3 is 0 Å². The summed E-state index contributed by atoms with van der Waals surface area (Å²) >= 11 is 0. The minimum Gasteiger partial charge on any atom is -0.284 e. The van der Waals surface area contributed by atoms with Crippen molar-refractivity contribution >= 4 is 0 Å². The number of nitrogens with one attached hydrogen (secondary N) is 1. The predicted octanol–water partition coefficient (Wildman–Crippen LogP) is 0.268. The highest BCUT2D eigenvalue weighted by atomic mass is 19.1. The molecule has 0 aromatic heterocycles. The van der Waals surface area contributed by atoms with Crippen LogP contribution in [0.5, 0.6) is 0 Å². The average molecular weight is 131 g/mol. The third-order valence-corrected chi connectivity index (χ3v) is 1.45. The molecule has 1 heterocycles. The van der Waals surface area contributed by atoms with Gasteiger partial charge in [-0.1, -0.05) is 0 Å². The first kappa shape index (κ1) is 6.96. The lowest BCUT2D eigenvalue weighted by atomic mass is 10.3. The van der Waals surface area contributed by atoms with Crippen molar-refractivity contribution in [2.75, 3.05) is 13.1 Å². The molecule has 0 aromatic rings. The summed E-state index contributed by atoms with van der Waals surface area (Å²) in [7, 11) is 0. The van der Waals surface area contributed by atoms with Gasteiger partial charge < -0.3 is 0 Å². The summed E-state index contributed by atoms with van der Waals surface area (Å²) in [6, 6.07) is 0.296. The number of alkyl halides is 1. The molecule has 0 aliphatic carbocycles. The van der Waals surface area contributed by atoms with E-state index in [1.54, 1.807) is 0 Å². The summed E-state index contributed by atoms with van der Waals surface area (Å²) in [4.78, 5) is 0. The zero-order valence-corrected chi connectivity index (χ0v) is 5.60. The summed E-state index contributed by atoms with van der Waals surface area (Å²) in [5, 5.41) is 6.87. The minimum absolute atomic E-state index is 0.296. The van der Waals surface area contributed by atoms with E-state index in [4.69, 9.17) is 0 Å². The van der Waals surface area contributed by atoms with Gasteiger partial charge in [-0.15, -0.1) is 0 Å². The number of hydrogen-bond donors (Lipinski definition) is 1. The molecule has 1 aliphatic heterocycles. The third-order valence-electron chi connectivity index (χ3n) is 1.45. The van der Waals surface area contributed by atoms with Gasteiger partial charge in [-0.05, 0) is 13.3 Å². The molecule has 0 bridgehead atoms. The van der Waals surface area contributed by atoms with E-state index in [0.717, 1.165) is 19.5 Å². The van der Waals surface area contributed by atoms with E-state index in [2.05, 4.69) is 10.6 Å². The van der Waals surface area contributed by atoms with Gasteiger partial charge in [-0.3, -0.25) is 5.32 Å². The second kappa shape index (κ2) is 3.13. The number of halogens is 1. The summed E-state index contributed by atoms with van der Waals surface area (Å²) in [6.07, 6.45) is 0.108. The van der Waals surface area contributed by atoms with Crippen LogP contribution in [0.25, 0.3) is 0 Å². The second-order valence-electron chi connectivity index (χ2n) is 2.40. The van der Waals surface area contributed by atoms with Crippen LogP contribution in [-0.4, -0.2) is 25.4 Å². The molecule has 1 radical (unpaired) electrons. The molecule has 0 saturated carbocycles. The van der Waals surface area contributed by atoms with Crippen molar-refractivity contribution in [2.45, 2.75) is 25.7 Å². The molecule has 0 spiro atoms. The first-order valence-corrected chi connectivity index (χ1v) is 3.32. The number of nitrogens with zero attached hydrogens (tertiary/aromatic N) is 1. The maximum absolute atomic E-state index is 12.2. The fraction of sp³-hybridized carbons (Fsp3) is 1.00. The second-order valence-corrected chi connectivity index (χ2v) is 2.40. The molecular formula is C6H12FN2. The van der Waals surface area contributed by atoms with E-state index in [1.807, 2.05) is 0 Å². The van der Waals surface area contributed by atoms with Crippen LogP contribution in [0.3, 0.4) is 0 Å². The van der Waals surface area contributed by atoms with E-state index in [1.165, 1.54) is 6.92 Å². The van der Waals surface area contributed by atoms with Crippen LogP contribution in [0.15, 0.2) is 0 Å². The third kappa shape index (κ3) is 2.28. The first-order chi connectivity index (χ1) is 4.29. The topological polar surface area (TPSA) is 26.1 Å². The Hall–Kier alpha value is -0.150. The zero-order chi connectivity index (χ0) is 6.69. The molecule has 0 aromatic carbocycles. The fourth-order valence-corrected chi connectivity index (χ4v) is 1.05. The van der Waals surface area contributed by atoms with Crippen LogP contribution < -0.4 is 10.6 Å². The molecule has 2 unspecified atom stereocenters. The van der Waals surface area contributed by atoms with Gasteiger partial charge in [0.25, 0.3) is 0 Å². The van der Waals surface area contributed by atoms with Crippen molar-refractivity contribution in [2.24, 2.45) is 0 Å². The van der Waals surface area contributed by atoms with E-state index in [-0.39, 0.29) is 0 Å². The maximum Gasteiger partial charge on any atom is 0.148 e. The van der Waals surface area contributed by atoms with Gasteiger partial charge in [0.15, 0.2) is 0 Å². The van der Waals surface area contributed by atoms with Crippen LogP contribution in [0.1, 0.15) is 13.3 Å². The average Bonchev–Trinajstić information content (AvgIpc) is 2.15. The lowest BCUT2D eigenvalue weighted by molar-refractivity contribution is 0.272. The molecule has 2 nitrogen and oxygen atoms in total. The summed E-state index contributed by atoms with van der Waals surface area (Å²) in [5.41, 5.74) is 0. The molecule has 1 saturated heterocycles. The van der Waals surface area contributed by atoms with Crippen molar-refractivity contribution in [1.29, 1.82) is 0 Å². The highest BCUT2D eigenvalue weighted by Gasteiger charge is 2.16. The molecule has 0 amide bonds. The molecular weight excluding hydrogens is 119 g/mol. The SMILES string of the molecule is CC(F)NC1CC[N]C1. The Kier molecular flexibility index (Phi) is 2.42. The van der Waals surface area contributed by atoms with Gasteiger partial charge in [0.05, 0.1) is 0 Å². The highest BCUT2D eigenvalue weighted by molar-refractivity contribution is 4.76. The quantitative estimate of drug-likeness (QED) is 0.535. The fourth-order valence-electron chi connectivity index (χ4n) is 1.05. The standard InChI is InChI=1S/C6H12FN2/c1-5(7)9-6-2-3-8-4-6/h5-6,9H,2-4H2,1H3. The van der Waals surface area contributed by atoms with Crippen molar-refractivity contribution < 1.29 is 4.39 Å². The van der Waals surface area contributed by atoms with Crippen LogP contribution in [-0.2, 0) is 0 Å². The smallest absolute Gasteiger partial charge is 0.148 e. The van der Waals surface area contributed by atoms with Gasteiger partial charge in [0.1, 0.15) is 6.30 Å². The summed E-state index contributed by atoms with van der Waals surface area (Å²) in [6.45, 7) is 3.19. The van der Waals surface area contributed by atoms with Crippen molar-refractivity contribution in [1.82, 2.24) is 10.6 Å². The molecule has 1 rings (SSSR count). The lowest BCUT2D eigenvalue weighted by Gasteiger charge is -2.10. The van der Waals surface area contributed by atoms with Crippen molar-refractivity contribution in [3.05, 3.63) is 0 Å². The minimum atomic E-state index is -0.886. The Morgan fingerprint density at radius 1 is 1.78 bits per heavy atom. The molecule has 1 aliphatic rings. The van der Waals surface area contributed by atoms with Crippen LogP contribution >= 0.6 is 0 Å². The Labute approximate surface area is 54.8 Å². The first-order valence-electron chi connectivity index (χ1n) is 3.32. The van der Waals surface area contributed by atoms with E-state index >= 15 is 0 Å². The van der Waals surface area contributed by atoms with Crippen molar-refractivity contribution in [3.8, 4) is 0 Å². The largest absolute Gasteiger partial charge is 0.284 e. The molecule has 3 heteroatoms. The monoisotopic (exact) mass is 131 g/mol. The Morgan fingerprint density at radius 3 is 3.00 bits per heavy atom. The molecule has 2 atom stereocenters. The predicted molar refractivity (Wildman–Crippen MR) is 34.0 cm³/mol. The van der Waals surface area contributed by atoms with Crippen molar-refractivity contribution in [3.63, 3.8) is 0 Å². The maximum atomic E-state index is 12.2. The Bertz CT molecular complexity index is 79.1.